The summed E-state index contributed by atoms with van der Waals surface area (Å²) in [6.07, 6.45) is 0.331. The topological polar surface area (TPSA) is 63.9 Å². The zero-order valence-corrected chi connectivity index (χ0v) is 21.8. The highest BCUT2D eigenvalue weighted by Gasteiger charge is 2.19. The molecule has 0 aliphatic rings. The summed E-state index contributed by atoms with van der Waals surface area (Å²) in [5.74, 6) is 1.52. The molecule has 0 aliphatic heterocycles. The minimum atomic E-state index is 0.0551. The van der Waals surface area contributed by atoms with E-state index in [2.05, 4.69) is 76.9 Å². The van der Waals surface area contributed by atoms with Crippen molar-refractivity contribution >= 4 is 29.0 Å². The van der Waals surface area contributed by atoms with Crippen LogP contribution < -0.4 is 0 Å². The lowest BCUT2D eigenvalue weighted by Gasteiger charge is -2.19. The quantitative estimate of drug-likeness (QED) is 0.314. The van der Waals surface area contributed by atoms with Gasteiger partial charge >= 0.3 is 0 Å². The molecule has 0 bridgehead atoms. The number of thioether (sulfide) groups is 1. The number of hydrogen-bond donors (Lipinski definition) is 0. The fourth-order valence-corrected chi connectivity index (χ4v) is 5.14. The number of nitrogens with zero attached hydrogens (tertiary/aromatic N) is 5. The number of amides is 1. The van der Waals surface area contributed by atoms with Crippen LogP contribution in [0.2, 0.25) is 0 Å². The predicted octanol–water partition coefficient (Wildman–Crippen LogP) is 5.61. The predicted molar refractivity (Wildman–Crippen MR) is 140 cm³/mol. The molecule has 0 atom stereocenters. The van der Waals surface area contributed by atoms with E-state index in [4.69, 9.17) is 0 Å². The van der Waals surface area contributed by atoms with E-state index in [-0.39, 0.29) is 11.3 Å². The van der Waals surface area contributed by atoms with Gasteiger partial charge in [0, 0.05) is 36.5 Å². The van der Waals surface area contributed by atoms with E-state index in [1.807, 2.05) is 23.6 Å². The molecule has 1 amide bonds. The Bertz CT molecular complexity index is 1250. The van der Waals surface area contributed by atoms with Crippen molar-refractivity contribution < 1.29 is 4.79 Å². The van der Waals surface area contributed by atoms with Crippen LogP contribution in [0, 0.1) is 0 Å². The van der Waals surface area contributed by atoms with E-state index in [1.165, 1.54) is 16.9 Å². The van der Waals surface area contributed by atoms with Crippen LogP contribution in [0.3, 0.4) is 0 Å². The van der Waals surface area contributed by atoms with Gasteiger partial charge < -0.3 is 4.90 Å². The lowest BCUT2D eigenvalue weighted by atomic mass is 9.87. The smallest absolute Gasteiger partial charge is 0.228 e. The normalized spacial score (nSPS) is 11.6. The van der Waals surface area contributed by atoms with Gasteiger partial charge in [0.1, 0.15) is 5.01 Å². The molecule has 4 aromatic rings. The summed E-state index contributed by atoms with van der Waals surface area (Å²) in [7, 11) is 3.52. The maximum atomic E-state index is 12.0. The SMILES string of the molecule is CN(C)C(=O)Cc1nc(CSc2nnc(-c3ccc(C(C)(C)C)cc3)n2-c2ccccc2)cs1. The van der Waals surface area contributed by atoms with Crippen molar-refractivity contribution in [3.63, 3.8) is 0 Å². The molecule has 0 unspecified atom stereocenters. The fourth-order valence-electron chi connectivity index (χ4n) is 3.40. The van der Waals surface area contributed by atoms with Crippen molar-refractivity contribution in [2.24, 2.45) is 0 Å². The highest BCUT2D eigenvalue weighted by Crippen LogP contribution is 2.31. The Morgan fingerprint density at radius 2 is 1.74 bits per heavy atom. The number of benzene rings is 2. The number of carbonyl (C=O) groups excluding carboxylic acids is 1. The Morgan fingerprint density at radius 3 is 2.38 bits per heavy atom. The molecule has 176 valence electrons. The van der Waals surface area contributed by atoms with Gasteiger partial charge in [0.2, 0.25) is 5.91 Å². The molecular formula is C26H29N5OS2. The molecule has 0 radical (unpaired) electrons. The summed E-state index contributed by atoms with van der Waals surface area (Å²) in [4.78, 5) is 18.2. The molecule has 0 saturated heterocycles. The van der Waals surface area contributed by atoms with Gasteiger partial charge in [-0.1, -0.05) is 75.0 Å². The van der Waals surface area contributed by atoms with Crippen LogP contribution in [0.5, 0.6) is 0 Å². The maximum Gasteiger partial charge on any atom is 0.228 e. The molecular weight excluding hydrogens is 462 g/mol. The molecule has 2 aromatic carbocycles. The fraction of sp³-hybridized carbons (Fsp3) is 0.308. The third-order valence-electron chi connectivity index (χ3n) is 5.41. The van der Waals surface area contributed by atoms with Crippen LogP contribution in [-0.4, -0.2) is 44.7 Å². The van der Waals surface area contributed by atoms with Gasteiger partial charge in [-0.2, -0.15) is 0 Å². The Hall–Kier alpha value is -2.97. The van der Waals surface area contributed by atoms with Gasteiger partial charge in [0.15, 0.2) is 11.0 Å². The van der Waals surface area contributed by atoms with Gasteiger partial charge in [-0.25, -0.2) is 4.98 Å². The number of thiazole rings is 1. The van der Waals surface area contributed by atoms with Crippen molar-refractivity contribution in [3.05, 3.63) is 76.2 Å². The van der Waals surface area contributed by atoms with Gasteiger partial charge in [-0.3, -0.25) is 9.36 Å². The molecule has 6 nitrogen and oxygen atoms in total. The number of aromatic nitrogens is 4. The van der Waals surface area contributed by atoms with Crippen molar-refractivity contribution in [3.8, 4) is 17.1 Å². The monoisotopic (exact) mass is 491 g/mol. The average Bonchev–Trinajstić information content (AvgIpc) is 3.44. The van der Waals surface area contributed by atoms with E-state index in [9.17, 15) is 4.79 Å². The highest BCUT2D eigenvalue weighted by atomic mass is 32.2. The van der Waals surface area contributed by atoms with E-state index < -0.39 is 0 Å². The molecule has 0 aliphatic carbocycles. The van der Waals surface area contributed by atoms with E-state index in [1.54, 1.807) is 30.8 Å². The van der Waals surface area contributed by atoms with Crippen molar-refractivity contribution in [1.82, 2.24) is 24.6 Å². The van der Waals surface area contributed by atoms with Crippen LogP contribution in [0.4, 0.5) is 0 Å². The summed E-state index contributed by atoms with van der Waals surface area (Å²) >= 11 is 3.12. The van der Waals surface area contributed by atoms with Gasteiger partial charge in [-0.15, -0.1) is 21.5 Å². The van der Waals surface area contributed by atoms with Crippen molar-refractivity contribution in [1.29, 1.82) is 0 Å². The number of para-hydroxylation sites is 1. The lowest BCUT2D eigenvalue weighted by Crippen LogP contribution is -2.23. The second-order valence-corrected chi connectivity index (χ2v) is 11.2. The first kappa shape index (κ1) is 24.2. The first-order valence-corrected chi connectivity index (χ1v) is 13.0. The van der Waals surface area contributed by atoms with E-state index in [0.717, 1.165) is 32.9 Å². The van der Waals surface area contributed by atoms with Crippen LogP contribution >= 0.6 is 23.1 Å². The van der Waals surface area contributed by atoms with Gasteiger partial charge in [0.05, 0.1) is 12.1 Å². The Morgan fingerprint density at radius 1 is 1.03 bits per heavy atom. The van der Waals surface area contributed by atoms with Crippen LogP contribution in [0.25, 0.3) is 17.1 Å². The summed E-state index contributed by atoms with van der Waals surface area (Å²) < 4.78 is 2.10. The minimum absolute atomic E-state index is 0.0551. The highest BCUT2D eigenvalue weighted by molar-refractivity contribution is 7.98. The third kappa shape index (κ3) is 5.56. The Balaban J connectivity index is 1.60. The number of carbonyl (C=O) groups is 1. The molecule has 34 heavy (non-hydrogen) atoms. The molecule has 2 aromatic heterocycles. The van der Waals surface area contributed by atoms with Gasteiger partial charge in [0.25, 0.3) is 0 Å². The minimum Gasteiger partial charge on any atom is -0.348 e. The molecule has 0 saturated carbocycles. The first-order valence-electron chi connectivity index (χ1n) is 11.1. The van der Waals surface area contributed by atoms with Gasteiger partial charge in [-0.05, 0) is 23.1 Å². The summed E-state index contributed by atoms with van der Waals surface area (Å²) in [6.45, 7) is 6.64. The summed E-state index contributed by atoms with van der Waals surface area (Å²) in [5, 5.41) is 12.7. The molecule has 0 N–H and O–H groups in total. The second kappa shape index (κ2) is 10.1. The van der Waals surface area contributed by atoms with Crippen LogP contribution in [0.1, 0.15) is 37.0 Å². The lowest BCUT2D eigenvalue weighted by molar-refractivity contribution is -0.127. The largest absolute Gasteiger partial charge is 0.348 e. The zero-order chi connectivity index (χ0) is 24.3. The van der Waals surface area contributed by atoms with Crippen molar-refractivity contribution in [2.45, 2.75) is 43.5 Å². The number of likely N-dealkylation sites (N-methyl/N-ethyl adjacent to an activating group) is 1. The van der Waals surface area contributed by atoms with Crippen LogP contribution in [0.15, 0.2) is 65.1 Å². The standard InChI is InChI=1S/C26H29N5OS2/c1-26(2,3)19-13-11-18(12-14-19)24-28-29-25(31(24)21-9-7-6-8-10-21)34-17-20-16-33-22(27-20)15-23(32)30(4)5/h6-14,16H,15,17H2,1-5H3. The molecule has 0 spiro atoms. The second-order valence-electron chi connectivity index (χ2n) is 9.29. The number of hydrogen-bond acceptors (Lipinski definition) is 6. The summed E-state index contributed by atoms with van der Waals surface area (Å²) in [5.41, 5.74) is 4.35. The summed E-state index contributed by atoms with van der Waals surface area (Å²) in [6, 6.07) is 18.7. The maximum absolute atomic E-state index is 12.0. The van der Waals surface area contributed by atoms with Crippen LogP contribution in [-0.2, 0) is 22.4 Å². The first-order chi connectivity index (χ1) is 16.2. The molecule has 8 heteroatoms. The van der Waals surface area contributed by atoms with E-state index >= 15 is 0 Å². The zero-order valence-electron chi connectivity index (χ0n) is 20.1. The average molecular weight is 492 g/mol. The van der Waals surface area contributed by atoms with Crippen molar-refractivity contribution in [2.75, 3.05) is 14.1 Å². The number of rotatable bonds is 7. The third-order valence-corrected chi connectivity index (χ3v) is 7.27. The Labute approximate surface area is 209 Å². The molecule has 0 fully saturated rings. The molecule has 2 heterocycles. The molecule has 4 rings (SSSR count). The van der Waals surface area contributed by atoms with E-state index in [0.29, 0.717) is 12.2 Å². The Kier molecular flexibility index (Phi) is 7.19.